The van der Waals surface area contributed by atoms with Crippen LogP contribution in [0.3, 0.4) is 0 Å². The van der Waals surface area contributed by atoms with Crippen LogP contribution in [0.25, 0.3) is 10.9 Å². The molecular weight excluding hydrogens is 448 g/mol. The Hall–Kier alpha value is -1.39. The number of aromatic nitrogens is 1. The van der Waals surface area contributed by atoms with Crippen molar-refractivity contribution in [2.45, 2.75) is 12.5 Å². The summed E-state index contributed by atoms with van der Waals surface area (Å²) in [6.07, 6.45) is 2.90. The molecule has 0 saturated carbocycles. The Labute approximate surface area is 170 Å². The van der Waals surface area contributed by atoms with Gasteiger partial charge in [0.2, 0.25) is 0 Å². The monoisotopic (exact) mass is 475 g/mol. The van der Waals surface area contributed by atoms with Crippen LogP contribution in [0.4, 0.5) is 4.39 Å². The van der Waals surface area contributed by atoms with E-state index in [1.165, 1.54) is 6.07 Å². The molecule has 1 aliphatic rings. The molecule has 2 heterocycles. The normalized spacial score (nSPS) is 18.6. The van der Waals surface area contributed by atoms with Crippen LogP contribution in [0.15, 0.2) is 29.4 Å². The van der Waals surface area contributed by atoms with Crippen LogP contribution in [0.1, 0.15) is 5.56 Å². The third-order valence-electron chi connectivity index (χ3n) is 4.48. The van der Waals surface area contributed by atoms with E-state index < -0.39 is 0 Å². The largest absolute Gasteiger partial charge is 0.374 e. The van der Waals surface area contributed by atoms with Crippen LogP contribution in [-0.2, 0) is 11.2 Å². The first-order valence-electron chi connectivity index (χ1n) is 8.66. The number of benzene rings is 1. The summed E-state index contributed by atoms with van der Waals surface area (Å²) in [5.74, 6) is 0.541. The van der Waals surface area contributed by atoms with Gasteiger partial charge in [0.25, 0.3) is 0 Å². The maximum atomic E-state index is 13.4. The number of guanidine groups is 1. The van der Waals surface area contributed by atoms with Gasteiger partial charge in [0, 0.05) is 50.3 Å². The van der Waals surface area contributed by atoms with Crippen LogP contribution in [0.2, 0.25) is 0 Å². The third kappa shape index (κ3) is 5.55. The molecule has 2 aromatic rings. The smallest absolute Gasteiger partial charge is 0.191 e. The van der Waals surface area contributed by atoms with Gasteiger partial charge in [-0.15, -0.1) is 24.0 Å². The summed E-state index contributed by atoms with van der Waals surface area (Å²) in [7, 11) is 3.86. The molecule has 1 aromatic carbocycles. The molecule has 1 unspecified atom stereocenters. The van der Waals surface area contributed by atoms with E-state index >= 15 is 0 Å². The lowest BCUT2D eigenvalue weighted by Crippen LogP contribution is -2.48. The van der Waals surface area contributed by atoms with Gasteiger partial charge in [-0.2, -0.15) is 0 Å². The molecule has 1 aromatic heterocycles. The number of aliphatic imine (C=N–C) groups is 1. The van der Waals surface area contributed by atoms with Gasteiger partial charge in [0.05, 0.1) is 12.7 Å². The van der Waals surface area contributed by atoms with Gasteiger partial charge in [-0.05, 0) is 37.2 Å². The Morgan fingerprint density at radius 3 is 3.04 bits per heavy atom. The van der Waals surface area contributed by atoms with E-state index in [0.29, 0.717) is 6.54 Å². The van der Waals surface area contributed by atoms with Crippen molar-refractivity contribution in [2.24, 2.45) is 4.99 Å². The zero-order chi connectivity index (χ0) is 17.6. The topological polar surface area (TPSA) is 64.7 Å². The molecule has 0 aliphatic carbocycles. The minimum atomic E-state index is -0.212. The summed E-state index contributed by atoms with van der Waals surface area (Å²) in [5, 5.41) is 7.54. The van der Waals surface area contributed by atoms with Gasteiger partial charge >= 0.3 is 0 Å². The fourth-order valence-electron chi connectivity index (χ4n) is 3.09. The summed E-state index contributed by atoms with van der Waals surface area (Å²) in [4.78, 5) is 9.69. The van der Waals surface area contributed by atoms with Crippen molar-refractivity contribution in [1.82, 2.24) is 20.5 Å². The molecular formula is C18H27FIN5O. The van der Waals surface area contributed by atoms with E-state index in [4.69, 9.17) is 4.74 Å². The number of H-pyrrole nitrogens is 1. The maximum Gasteiger partial charge on any atom is 0.191 e. The number of hydrogen-bond donors (Lipinski definition) is 3. The summed E-state index contributed by atoms with van der Waals surface area (Å²) < 4.78 is 19.2. The highest BCUT2D eigenvalue weighted by Crippen LogP contribution is 2.19. The molecule has 0 radical (unpaired) electrons. The zero-order valence-corrected chi connectivity index (χ0v) is 17.5. The molecule has 3 rings (SSSR count). The molecule has 8 heteroatoms. The highest BCUT2D eigenvalue weighted by molar-refractivity contribution is 14.0. The van der Waals surface area contributed by atoms with Gasteiger partial charge in [-0.1, -0.05) is 0 Å². The number of rotatable bonds is 5. The number of hydrogen-bond acceptors (Lipinski definition) is 3. The molecule has 6 nitrogen and oxygen atoms in total. The van der Waals surface area contributed by atoms with Crippen molar-refractivity contribution in [3.63, 3.8) is 0 Å². The summed E-state index contributed by atoms with van der Waals surface area (Å²) in [6, 6.07) is 4.81. The zero-order valence-electron chi connectivity index (χ0n) is 15.2. The predicted octanol–water partition coefficient (Wildman–Crippen LogP) is 1.96. The van der Waals surface area contributed by atoms with Gasteiger partial charge in [0.1, 0.15) is 5.82 Å². The molecule has 3 N–H and O–H groups in total. The lowest BCUT2D eigenvalue weighted by molar-refractivity contribution is -0.0161. The molecule has 1 fully saturated rings. The van der Waals surface area contributed by atoms with E-state index in [2.05, 4.69) is 32.6 Å². The second-order valence-electron chi connectivity index (χ2n) is 6.39. The number of nitrogens with zero attached hydrogens (tertiary/aromatic N) is 2. The number of fused-ring (bicyclic) bond motifs is 1. The Morgan fingerprint density at radius 1 is 1.42 bits per heavy atom. The highest BCUT2D eigenvalue weighted by atomic mass is 127. The van der Waals surface area contributed by atoms with Crippen LogP contribution in [0.5, 0.6) is 0 Å². The number of ether oxygens (including phenoxy) is 1. The Kier molecular flexibility index (Phi) is 8.11. The van der Waals surface area contributed by atoms with E-state index in [1.807, 2.05) is 6.20 Å². The van der Waals surface area contributed by atoms with Crippen LogP contribution >= 0.6 is 24.0 Å². The highest BCUT2D eigenvalue weighted by Gasteiger charge is 2.17. The molecule has 1 aliphatic heterocycles. The maximum absolute atomic E-state index is 13.4. The van der Waals surface area contributed by atoms with Crippen LogP contribution < -0.4 is 10.6 Å². The average Bonchev–Trinajstić information content (AvgIpc) is 3.00. The first kappa shape index (κ1) is 20.9. The van der Waals surface area contributed by atoms with Gasteiger partial charge in [-0.25, -0.2) is 4.39 Å². The van der Waals surface area contributed by atoms with Gasteiger partial charge < -0.3 is 25.3 Å². The molecule has 0 spiro atoms. The van der Waals surface area contributed by atoms with Crippen molar-refractivity contribution in [2.75, 3.05) is 46.9 Å². The fourth-order valence-corrected chi connectivity index (χ4v) is 3.09. The Bertz CT molecular complexity index is 735. The summed E-state index contributed by atoms with van der Waals surface area (Å²) in [5.41, 5.74) is 2.05. The molecule has 144 valence electrons. The number of likely N-dealkylation sites (N-methyl/N-ethyl adjacent to an activating group) is 1. The molecule has 26 heavy (non-hydrogen) atoms. The van der Waals surface area contributed by atoms with Gasteiger partial charge in [0.15, 0.2) is 5.96 Å². The minimum Gasteiger partial charge on any atom is -0.374 e. The van der Waals surface area contributed by atoms with Crippen molar-refractivity contribution in [3.05, 3.63) is 35.8 Å². The molecule has 1 saturated heterocycles. The second-order valence-corrected chi connectivity index (χ2v) is 6.39. The number of morpholine rings is 1. The molecule has 1 atom stereocenters. The van der Waals surface area contributed by atoms with E-state index in [0.717, 1.165) is 55.1 Å². The van der Waals surface area contributed by atoms with Crippen LogP contribution in [0, 0.1) is 5.82 Å². The summed E-state index contributed by atoms with van der Waals surface area (Å²) in [6.45, 7) is 4.11. The number of aromatic amines is 1. The quantitative estimate of drug-likeness (QED) is 0.352. The van der Waals surface area contributed by atoms with Gasteiger partial charge in [-0.3, -0.25) is 4.99 Å². The number of nitrogens with one attached hydrogen (secondary N) is 3. The van der Waals surface area contributed by atoms with Crippen molar-refractivity contribution < 1.29 is 9.13 Å². The Morgan fingerprint density at radius 2 is 2.27 bits per heavy atom. The van der Waals surface area contributed by atoms with E-state index in [-0.39, 0.29) is 35.9 Å². The lowest BCUT2D eigenvalue weighted by atomic mass is 10.1. The minimum absolute atomic E-state index is 0. The van der Waals surface area contributed by atoms with Crippen molar-refractivity contribution in [1.29, 1.82) is 0 Å². The third-order valence-corrected chi connectivity index (χ3v) is 4.48. The van der Waals surface area contributed by atoms with Crippen molar-refractivity contribution >= 4 is 40.8 Å². The Balaban J connectivity index is 0.00000243. The average molecular weight is 475 g/mol. The standard InChI is InChI=1S/C18H26FN5O.HI/c1-20-18(23-11-15-12-24(2)7-8-25-15)21-6-5-13-10-22-17-4-3-14(19)9-16(13)17;/h3-4,9-10,15,22H,5-8,11-12H2,1-2H3,(H2,20,21,23);1H. The first-order chi connectivity index (χ1) is 12.2. The lowest BCUT2D eigenvalue weighted by Gasteiger charge is -2.30. The number of halogens is 2. The SMILES string of the molecule is CN=C(NCCc1c[nH]c2ccc(F)cc12)NCC1CN(C)CCO1.I. The molecule has 0 amide bonds. The fraction of sp³-hybridized carbons (Fsp3) is 0.500. The second kappa shape index (κ2) is 10.1. The predicted molar refractivity (Wildman–Crippen MR) is 114 cm³/mol. The van der Waals surface area contributed by atoms with E-state index in [9.17, 15) is 4.39 Å². The first-order valence-corrected chi connectivity index (χ1v) is 8.66. The summed E-state index contributed by atoms with van der Waals surface area (Å²) >= 11 is 0. The van der Waals surface area contributed by atoms with Crippen LogP contribution in [-0.4, -0.2) is 68.8 Å². The molecule has 0 bridgehead atoms. The van der Waals surface area contributed by atoms with Crippen molar-refractivity contribution in [3.8, 4) is 0 Å². The van der Waals surface area contributed by atoms with E-state index in [1.54, 1.807) is 19.2 Å².